The average Bonchev–Trinajstić information content (AvgIpc) is 2.51. The number of esters is 1. The van der Waals surface area contributed by atoms with Crippen molar-refractivity contribution in [1.29, 1.82) is 0 Å². The van der Waals surface area contributed by atoms with Gasteiger partial charge in [0, 0.05) is 25.7 Å². The number of nitrogens with two attached hydrogens (primary N) is 1. The number of amides is 1. The van der Waals surface area contributed by atoms with Crippen molar-refractivity contribution in [3.8, 4) is 0 Å². The fourth-order valence-corrected chi connectivity index (χ4v) is 2.13. The smallest absolute Gasteiger partial charge is 0.407 e. The van der Waals surface area contributed by atoms with Crippen molar-refractivity contribution in [2.45, 2.75) is 32.8 Å². The Hall–Kier alpha value is -2.77. The first-order valence-electron chi connectivity index (χ1n) is 7.79. The number of hydrogen-bond acceptors (Lipinski definition) is 7. The Labute approximate surface area is 147 Å². The lowest BCUT2D eigenvalue weighted by molar-refractivity contribution is 0.0526. The number of methoxy groups -OCH3 is 1. The summed E-state index contributed by atoms with van der Waals surface area (Å²) in [6, 6.07) is 3.07. The van der Waals surface area contributed by atoms with Crippen molar-refractivity contribution in [2.75, 3.05) is 31.8 Å². The van der Waals surface area contributed by atoms with Crippen molar-refractivity contribution in [3.05, 3.63) is 23.3 Å². The first-order chi connectivity index (χ1) is 11.6. The van der Waals surface area contributed by atoms with Crippen LogP contribution in [0.2, 0.25) is 0 Å². The summed E-state index contributed by atoms with van der Waals surface area (Å²) in [5, 5.41) is 5.38. The van der Waals surface area contributed by atoms with E-state index in [1.807, 2.05) is 0 Å². The van der Waals surface area contributed by atoms with Gasteiger partial charge in [0.1, 0.15) is 5.60 Å². The molecule has 1 rings (SSSR count). The summed E-state index contributed by atoms with van der Waals surface area (Å²) in [6.07, 6.45) is -0.603. The van der Waals surface area contributed by atoms with Gasteiger partial charge in [-0.25, -0.2) is 9.59 Å². The van der Waals surface area contributed by atoms with Gasteiger partial charge in [-0.3, -0.25) is 4.79 Å². The Morgan fingerprint density at radius 3 is 2.36 bits per heavy atom. The molecule has 8 heteroatoms. The summed E-state index contributed by atoms with van der Waals surface area (Å²) in [6.45, 7) is 5.32. The summed E-state index contributed by atoms with van der Waals surface area (Å²) in [5.74, 6) is -0.940. The van der Waals surface area contributed by atoms with Crippen LogP contribution >= 0.6 is 0 Å². The first-order valence-corrected chi connectivity index (χ1v) is 7.79. The normalized spacial score (nSPS) is 10.8. The van der Waals surface area contributed by atoms with Crippen LogP contribution in [0.1, 0.15) is 47.9 Å². The standard InChI is InChI=1S/C17H25N3O5/c1-17(2,3)25-16(23)20-9-8-12(21)13-11(19-4)7-6-10(14(13)18)15(22)24-5/h6-7,19H,8-9,18H2,1-5H3,(H,20,23). The molecular formula is C17H25N3O5. The molecule has 138 valence electrons. The number of anilines is 2. The van der Waals surface area contributed by atoms with Crippen molar-refractivity contribution in [2.24, 2.45) is 0 Å². The molecule has 1 aromatic rings. The van der Waals surface area contributed by atoms with Gasteiger partial charge in [-0.1, -0.05) is 0 Å². The van der Waals surface area contributed by atoms with Crippen LogP contribution in [0.4, 0.5) is 16.2 Å². The van der Waals surface area contributed by atoms with Gasteiger partial charge >= 0.3 is 12.1 Å². The molecule has 0 aromatic heterocycles. The Bertz CT molecular complexity index is 665. The zero-order valence-corrected chi connectivity index (χ0v) is 15.2. The summed E-state index contributed by atoms with van der Waals surface area (Å²) < 4.78 is 9.76. The van der Waals surface area contributed by atoms with Crippen molar-refractivity contribution in [3.63, 3.8) is 0 Å². The third-order valence-corrected chi connectivity index (χ3v) is 3.22. The van der Waals surface area contributed by atoms with E-state index in [4.69, 9.17) is 10.5 Å². The zero-order valence-electron chi connectivity index (χ0n) is 15.2. The zero-order chi connectivity index (χ0) is 19.2. The molecule has 0 atom stereocenters. The Balaban J connectivity index is 2.87. The second-order valence-electron chi connectivity index (χ2n) is 6.29. The van der Waals surface area contributed by atoms with Crippen LogP contribution < -0.4 is 16.4 Å². The van der Waals surface area contributed by atoms with E-state index in [0.29, 0.717) is 5.69 Å². The Kier molecular flexibility index (Phi) is 6.78. The largest absolute Gasteiger partial charge is 0.465 e. The number of carbonyl (C=O) groups is 3. The highest BCUT2D eigenvalue weighted by atomic mass is 16.6. The first kappa shape index (κ1) is 20.3. The Morgan fingerprint density at radius 1 is 1.20 bits per heavy atom. The van der Waals surface area contributed by atoms with E-state index in [9.17, 15) is 14.4 Å². The van der Waals surface area contributed by atoms with Gasteiger partial charge in [0.15, 0.2) is 5.78 Å². The van der Waals surface area contributed by atoms with E-state index in [0.717, 1.165) is 0 Å². The number of carbonyl (C=O) groups excluding carboxylic acids is 3. The number of rotatable bonds is 6. The monoisotopic (exact) mass is 351 g/mol. The maximum Gasteiger partial charge on any atom is 0.407 e. The molecule has 0 aliphatic heterocycles. The predicted octanol–water partition coefficient (Wildman–Crippen LogP) is 2.19. The summed E-state index contributed by atoms with van der Waals surface area (Å²) in [7, 11) is 2.88. The maximum atomic E-state index is 12.5. The minimum atomic E-state index is -0.624. The number of nitrogen functional groups attached to an aromatic ring is 1. The summed E-state index contributed by atoms with van der Waals surface area (Å²) >= 11 is 0. The lowest BCUT2D eigenvalue weighted by atomic mass is 9.99. The number of hydrogen-bond donors (Lipinski definition) is 3. The minimum Gasteiger partial charge on any atom is -0.465 e. The molecule has 8 nitrogen and oxygen atoms in total. The van der Waals surface area contributed by atoms with E-state index in [-0.39, 0.29) is 35.6 Å². The molecule has 0 saturated carbocycles. The van der Waals surface area contributed by atoms with Crippen LogP contribution in [0.5, 0.6) is 0 Å². The lowest BCUT2D eigenvalue weighted by Gasteiger charge is -2.19. The van der Waals surface area contributed by atoms with E-state index < -0.39 is 17.7 Å². The van der Waals surface area contributed by atoms with Gasteiger partial charge in [0.25, 0.3) is 0 Å². The van der Waals surface area contributed by atoms with E-state index >= 15 is 0 Å². The maximum absolute atomic E-state index is 12.5. The highest BCUT2D eigenvalue weighted by Gasteiger charge is 2.21. The van der Waals surface area contributed by atoms with Gasteiger partial charge in [0.05, 0.1) is 23.9 Å². The highest BCUT2D eigenvalue weighted by Crippen LogP contribution is 2.27. The van der Waals surface area contributed by atoms with Gasteiger partial charge in [-0.2, -0.15) is 0 Å². The molecule has 0 unspecified atom stereocenters. The van der Waals surface area contributed by atoms with Crippen molar-refractivity contribution >= 4 is 29.2 Å². The number of Topliss-reactive ketones (excluding diaryl/α,β-unsaturated/α-hetero) is 1. The molecule has 0 aliphatic rings. The molecule has 1 amide bonds. The number of ether oxygens (including phenoxy) is 2. The quantitative estimate of drug-likeness (QED) is 0.408. The summed E-state index contributed by atoms with van der Waals surface area (Å²) in [5.41, 5.74) is 6.20. The highest BCUT2D eigenvalue weighted by molar-refractivity contribution is 6.10. The van der Waals surface area contributed by atoms with E-state index in [2.05, 4.69) is 15.4 Å². The molecule has 0 heterocycles. The molecule has 0 radical (unpaired) electrons. The van der Waals surface area contributed by atoms with E-state index in [1.54, 1.807) is 33.9 Å². The molecule has 1 aromatic carbocycles. The third-order valence-electron chi connectivity index (χ3n) is 3.22. The predicted molar refractivity (Wildman–Crippen MR) is 94.9 cm³/mol. The Morgan fingerprint density at radius 2 is 1.84 bits per heavy atom. The molecule has 0 fully saturated rings. The molecular weight excluding hydrogens is 326 g/mol. The average molecular weight is 351 g/mol. The fourth-order valence-electron chi connectivity index (χ4n) is 2.13. The van der Waals surface area contributed by atoms with Crippen molar-refractivity contribution < 1.29 is 23.9 Å². The van der Waals surface area contributed by atoms with Crippen LogP contribution in [0.25, 0.3) is 0 Å². The second kappa shape index (κ2) is 8.36. The number of alkyl carbamates (subject to hydrolysis) is 1. The van der Waals surface area contributed by atoms with Gasteiger partial charge in [0.2, 0.25) is 0 Å². The number of benzene rings is 1. The van der Waals surface area contributed by atoms with E-state index in [1.165, 1.54) is 13.2 Å². The van der Waals surface area contributed by atoms with Crippen LogP contribution in [0.3, 0.4) is 0 Å². The molecule has 0 saturated heterocycles. The molecule has 4 N–H and O–H groups in total. The van der Waals surface area contributed by atoms with Crippen LogP contribution in [0, 0.1) is 0 Å². The molecule has 0 spiro atoms. The van der Waals surface area contributed by atoms with Crippen molar-refractivity contribution in [1.82, 2.24) is 5.32 Å². The second-order valence-corrected chi connectivity index (χ2v) is 6.29. The molecule has 0 aliphatic carbocycles. The molecule has 25 heavy (non-hydrogen) atoms. The topological polar surface area (TPSA) is 120 Å². The fraction of sp³-hybridized carbons (Fsp3) is 0.471. The van der Waals surface area contributed by atoms with Gasteiger partial charge in [-0.05, 0) is 32.9 Å². The molecule has 0 bridgehead atoms. The minimum absolute atomic E-state index is 0.00273. The number of ketones is 1. The van der Waals surface area contributed by atoms with Crippen LogP contribution in [0.15, 0.2) is 12.1 Å². The SMILES string of the molecule is CNc1ccc(C(=O)OC)c(N)c1C(=O)CCNC(=O)OC(C)(C)C. The van der Waals surface area contributed by atoms with Crippen LogP contribution in [-0.2, 0) is 9.47 Å². The summed E-state index contributed by atoms with van der Waals surface area (Å²) in [4.78, 5) is 35.9. The lowest BCUT2D eigenvalue weighted by Crippen LogP contribution is -2.33. The van der Waals surface area contributed by atoms with Gasteiger partial charge in [-0.15, -0.1) is 0 Å². The third kappa shape index (κ3) is 5.66. The number of nitrogens with one attached hydrogen (secondary N) is 2. The van der Waals surface area contributed by atoms with Gasteiger partial charge < -0.3 is 25.8 Å². The van der Waals surface area contributed by atoms with Crippen LogP contribution in [-0.4, -0.2) is 44.1 Å².